The van der Waals surface area contributed by atoms with Crippen LogP contribution in [0.25, 0.3) is 65.7 Å². The summed E-state index contributed by atoms with van der Waals surface area (Å²) in [6.45, 7) is 11.7. The molecule has 2 heteroatoms. The summed E-state index contributed by atoms with van der Waals surface area (Å²) >= 11 is 0. The zero-order valence-corrected chi connectivity index (χ0v) is 30.7. The van der Waals surface area contributed by atoms with E-state index in [1.54, 1.807) is 0 Å². The summed E-state index contributed by atoms with van der Waals surface area (Å²) in [6.07, 6.45) is 0. The molecule has 0 aliphatic heterocycles. The first kappa shape index (κ1) is 30.5. The maximum Gasteiger partial charge on any atom is 0.135 e. The number of fused-ring (bicyclic) bond motifs is 13. The summed E-state index contributed by atoms with van der Waals surface area (Å²) in [5, 5.41) is 7.58. The molecule has 0 atom stereocenters. The monoisotopic (exact) mass is 681 g/mol. The molecule has 11 rings (SSSR count). The number of rotatable bonds is 3. The Labute approximate surface area is 309 Å². The van der Waals surface area contributed by atoms with Gasteiger partial charge in [-0.25, -0.2) is 0 Å². The molecule has 0 fully saturated rings. The van der Waals surface area contributed by atoms with Crippen LogP contribution < -0.4 is 4.90 Å². The molecule has 0 spiro atoms. The molecule has 0 radical (unpaired) electrons. The van der Waals surface area contributed by atoms with Gasteiger partial charge in [-0.3, -0.25) is 0 Å². The predicted octanol–water partition coefficient (Wildman–Crippen LogP) is 14.3. The number of para-hydroxylation sites is 2. The van der Waals surface area contributed by atoms with Crippen molar-refractivity contribution in [3.8, 4) is 22.3 Å². The van der Waals surface area contributed by atoms with Crippen LogP contribution in [0.1, 0.15) is 55.5 Å². The van der Waals surface area contributed by atoms with Crippen LogP contribution in [0.5, 0.6) is 0 Å². The van der Waals surface area contributed by atoms with E-state index in [1.807, 2.05) is 6.07 Å². The summed E-state index contributed by atoms with van der Waals surface area (Å²) in [6, 6.07) is 54.1. The highest BCUT2D eigenvalue weighted by Crippen LogP contribution is 2.55. The van der Waals surface area contributed by atoms with Crippen LogP contribution in [0.2, 0.25) is 0 Å². The largest absolute Gasteiger partial charge is 0.456 e. The van der Waals surface area contributed by atoms with Gasteiger partial charge >= 0.3 is 0 Å². The van der Waals surface area contributed by atoms with Gasteiger partial charge in [0, 0.05) is 38.7 Å². The molecule has 2 aliphatic rings. The molecule has 8 aromatic carbocycles. The zero-order valence-electron chi connectivity index (χ0n) is 30.7. The highest BCUT2D eigenvalue weighted by Gasteiger charge is 2.39. The lowest BCUT2D eigenvalue weighted by Gasteiger charge is -2.30. The van der Waals surface area contributed by atoms with Gasteiger partial charge in [0.05, 0.1) is 0 Å². The van der Waals surface area contributed by atoms with E-state index >= 15 is 0 Å². The fraction of sp³-hybridized carbons (Fsp3) is 0.137. The van der Waals surface area contributed by atoms with Crippen LogP contribution in [0.4, 0.5) is 17.1 Å². The quantitative estimate of drug-likeness (QED) is 0.185. The molecule has 254 valence electrons. The average Bonchev–Trinajstić information content (AvgIpc) is 3.73. The lowest BCUT2D eigenvalue weighted by atomic mass is 9.78. The van der Waals surface area contributed by atoms with Crippen LogP contribution in [-0.2, 0) is 10.8 Å². The van der Waals surface area contributed by atoms with Crippen molar-refractivity contribution in [1.82, 2.24) is 0 Å². The first-order valence-electron chi connectivity index (χ1n) is 18.8. The number of anilines is 3. The Morgan fingerprint density at radius 3 is 1.87 bits per heavy atom. The van der Waals surface area contributed by atoms with Crippen molar-refractivity contribution < 1.29 is 4.42 Å². The number of benzene rings is 8. The molecule has 2 aliphatic carbocycles. The highest BCUT2D eigenvalue weighted by molar-refractivity contribution is 6.08. The molecule has 1 heterocycles. The maximum absolute atomic E-state index is 6.37. The normalized spacial score (nSPS) is 14.8. The second-order valence-electron chi connectivity index (χ2n) is 16.2. The summed E-state index contributed by atoms with van der Waals surface area (Å²) in [5.74, 6) is 0. The Bertz CT molecular complexity index is 3030. The van der Waals surface area contributed by atoms with Crippen LogP contribution in [0.3, 0.4) is 0 Å². The van der Waals surface area contributed by atoms with Gasteiger partial charge in [0.2, 0.25) is 0 Å². The van der Waals surface area contributed by atoms with Crippen molar-refractivity contribution in [2.75, 3.05) is 4.90 Å². The number of nitrogens with zero attached hydrogens (tertiary/aromatic N) is 1. The van der Waals surface area contributed by atoms with Crippen LogP contribution in [-0.4, -0.2) is 0 Å². The third-order valence-electron chi connectivity index (χ3n) is 12.5. The third kappa shape index (κ3) is 4.09. The average molecular weight is 682 g/mol. The molecule has 2 nitrogen and oxygen atoms in total. The Hall–Kier alpha value is -6.12. The van der Waals surface area contributed by atoms with Gasteiger partial charge in [-0.15, -0.1) is 0 Å². The maximum atomic E-state index is 6.37. The van der Waals surface area contributed by atoms with Crippen molar-refractivity contribution in [3.05, 3.63) is 173 Å². The van der Waals surface area contributed by atoms with Gasteiger partial charge in [0.15, 0.2) is 0 Å². The Kier molecular flexibility index (Phi) is 6.03. The standard InChI is InChI=1S/C51H39NO/c1-30-12-6-10-16-45(30)52(34-21-25-37-41-28-42-38-15-9-11-17-46(38)53-47(42)29-44(41)50(2,3)43(37)27-34)33-20-24-36-32(26-33)19-23-40-39-22-18-31-13-7-8-14-35(31)48(39)51(4,5)49(36)40/h6-29H,1-5H3. The minimum Gasteiger partial charge on any atom is -0.456 e. The number of hydrogen-bond donors (Lipinski definition) is 0. The van der Waals surface area contributed by atoms with Crippen molar-refractivity contribution >= 4 is 60.5 Å². The Balaban J connectivity index is 1.08. The van der Waals surface area contributed by atoms with Crippen molar-refractivity contribution in [1.29, 1.82) is 0 Å². The van der Waals surface area contributed by atoms with E-state index in [2.05, 4.69) is 179 Å². The van der Waals surface area contributed by atoms with E-state index in [4.69, 9.17) is 4.42 Å². The fourth-order valence-corrected chi connectivity index (χ4v) is 9.97. The molecule has 53 heavy (non-hydrogen) atoms. The SMILES string of the molecule is Cc1ccccc1N(c1ccc2c(c1)C(C)(C)c1cc3oc4ccccc4c3cc1-2)c1ccc2c3c(ccc2c1)-c1ccc2ccccc2c1C3(C)C. The van der Waals surface area contributed by atoms with Crippen molar-refractivity contribution in [2.45, 2.75) is 45.4 Å². The highest BCUT2D eigenvalue weighted by atomic mass is 16.3. The minimum absolute atomic E-state index is 0.129. The van der Waals surface area contributed by atoms with Crippen molar-refractivity contribution in [2.24, 2.45) is 0 Å². The minimum atomic E-state index is -0.195. The second kappa shape index (κ2) is 10.5. The Morgan fingerprint density at radius 2 is 1.06 bits per heavy atom. The van der Waals surface area contributed by atoms with E-state index in [0.717, 1.165) is 22.5 Å². The van der Waals surface area contributed by atoms with E-state index in [1.165, 1.54) is 88.1 Å². The molecule has 1 aromatic heterocycles. The van der Waals surface area contributed by atoms with Gasteiger partial charge in [-0.2, -0.15) is 0 Å². The van der Waals surface area contributed by atoms with Crippen molar-refractivity contribution in [3.63, 3.8) is 0 Å². The number of aryl methyl sites for hydroxylation is 1. The predicted molar refractivity (Wildman–Crippen MR) is 223 cm³/mol. The molecule has 0 saturated heterocycles. The van der Waals surface area contributed by atoms with E-state index in [0.29, 0.717) is 0 Å². The van der Waals surface area contributed by atoms with Gasteiger partial charge in [-0.05, 0) is 127 Å². The lowest BCUT2D eigenvalue weighted by Crippen LogP contribution is -2.17. The molecule has 0 N–H and O–H groups in total. The summed E-state index contributed by atoms with van der Waals surface area (Å²) in [7, 11) is 0. The molecular weight excluding hydrogens is 643 g/mol. The van der Waals surface area contributed by atoms with Gasteiger partial charge < -0.3 is 9.32 Å². The molecular formula is C51H39NO. The number of furan rings is 1. The summed E-state index contributed by atoms with van der Waals surface area (Å²) in [5.41, 5.74) is 17.1. The van der Waals surface area contributed by atoms with E-state index in [-0.39, 0.29) is 10.8 Å². The Morgan fingerprint density at radius 1 is 0.434 bits per heavy atom. The van der Waals surface area contributed by atoms with Gasteiger partial charge in [0.1, 0.15) is 11.2 Å². The first-order chi connectivity index (χ1) is 25.7. The first-order valence-corrected chi connectivity index (χ1v) is 18.8. The molecule has 0 amide bonds. The van der Waals surface area contributed by atoms with E-state index in [9.17, 15) is 0 Å². The van der Waals surface area contributed by atoms with Crippen LogP contribution >= 0.6 is 0 Å². The lowest BCUT2D eigenvalue weighted by molar-refractivity contribution is 0.647. The van der Waals surface area contributed by atoms with Gasteiger partial charge in [-0.1, -0.05) is 125 Å². The smallest absolute Gasteiger partial charge is 0.135 e. The van der Waals surface area contributed by atoms with Crippen LogP contribution in [0, 0.1) is 6.92 Å². The second-order valence-corrected chi connectivity index (χ2v) is 16.2. The van der Waals surface area contributed by atoms with E-state index < -0.39 is 0 Å². The molecule has 0 unspecified atom stereocenters. The van der Waals surface area contributed by atoms with Crippen LogP contribution in [0.15, 0.2) is 150 Å². The fourth-order valence-electron chi connectivity index (χ4n) is 9.97. The molecule has 9 aromatic rings. The summed E-state index contributed by atoms with van der Waals surface area (Å²) < 4.78 is 6.37. The number of hydrogen-bond acceptors (Lipinski definition) is 2. The van der Waals surface area contributed by atoms with Gasteiger partial charge in [0.25, 0.3) is 0 Å². The molecule has 0 saturated carbocycles. The summed E-state index contributed by atoms with van der Waals surface area (Å²) in [4.78, 5) is 2.45. The zero-order chi connectivity index (χ0) is 35.8. The third-order valence-corrected chi connectivity index (χ3v) is 12.5. The molecule has 0 bridgehead atoms. The topological polar surface area (TPSA) is 16.4 Å².